The third-order valence-corrected chi connectivity index (χ3v) is 0. The maximum Gasteiger partial charge on any atom is 0 e. The first-order valence-corrected chi connectivity index (χ1v) is 0.577. The molecule has 1 heteroatoms. The summed E-state index contributed by atoms with van der Waals surface area (Å²) in [5, 5.41) is 0. The van der Waals surface area contributed by atoms with Gasteiger partial charge >= 0.3 is 0 Å². The fourth-order valence-electron chi connectivity index (χ4n) is 0. The summed E-state index contributed by atoms with van der Waals surface area (Å²) in [6.07, 6.45) is 18.0. The summed E-state index contributed by atoms with van der Waals surface area (Å²) in [6, 6.07) is 0. The summed E-state index contributed by atoms with van der Waals surface area (Å²) in [7, 11) is 0. The van der Waals surface area contributed by atoms with Crippen LogP contribution in [0.3, 0.4) is 0 Å². The first-order chi connectivity index (χ1) is 2.00. The Kier molecular flexibility index (Phi) is 871. The van der Waals surface area contributed by atoms with Crippen LogP contribution in [-0.2, 0) is 0 Å². The molecular formula is C4H2Nd-2. The van der Waals surface area contributed by atoms with E-state index < -0.39 is 0 Å². The third kappa shape index (κ3) is 123. The predicted molar refractivity (Wildman–Crippen MR) is 16.4 cm³/mol. The maximum atomic E-state index is 5.25. The Labute approximate surface area is 65.9 Å². The topological polar surface area (TPSA) is 0 Å². The van der Waals surface area contributed by atoms with Crippen molar-refractivity contribution in [2.24, 2.45) is 0 Å². The summed E-state index contributed by atoms with van der Waals surface area (Å²) in [5.74, 6) is 0. The minimum atomic E-state index is 0. The van der Waals surface area contributed by atoms with Gasteiger partial charge in [0.15, 0.2) is 0 Å². The quantitative estimate of drug-likeness (QED) is 0.387. The molecule has 0 bridgehead atoms. The Morgan fingerprint density at radius 1 is 0.800 bits per heavy atom. The Morgan fingerprint density at radius 2 is 0.800 bits per heavy atom. The molecule has 0 aliphatic carbocycles. The van der Waals surface area contributed by atoms with Gasteiger partial charge in [-0.15, -0.1) is 0 Å². The molecule has 0 spiro atoms. The van der Waals surface area contributed by atoms with Crippen molar-refractivity contribution in [3.05, 3.63) is 12.8 Å². The zero-order valence-electron chi connectivity index (χ0n) is 2.65. The minimum absolute atomic E-state index is 0. The van der Waals surface area contributed by atoms with E-state index in [4.69, 9.17) is 12.8 Å². The van der Waals surface area contributed by atoms with E-state index in [1.54, 1.807) is 0 Å². The van der Waals surface area contributed by atoms with Gasteiger partial charge in [-0.3, -0.25) is 0 Å². The summed E-state index contributed by atoms with van der Waals surface area (Å²) < 4.78 is 0. The van der Waals surface area contributed by atoms with Crippen LogP contribution in [0.15, 0.2) is 0 Å². The third-order valence-electron chi connectivity index (χ3n) is 0. The number of hydrogen-bond acceptors (Lipinski definition) is 0. The second kappa shape index (κ2) is 243. The van der Waals surface area contributed by atoms with Gasteiger partial charge in [0.25, 0.3) is 0 Å². The van der Waals surface area contributed by atoms with Crippen LogP contribution in [-0.4, -0.2) is 0 Å². The van der Waals surface area contributed by atoms with Crippen molar-refractivity contribution in [2.75, 3.05) is 0 Å². The zero-order valence-corrected chi connectivity index (χ0v) is 5.86. The Hall–Kier alpha value is 0.471. The monoisotopic (exact) mass is 192 g/mol. The van der Waals surface area contributed by atoms with Gasteiger partial charge in [0.05, 0.1) is 0 Å². The summed E-state index contributed by atoms with van der Waals surface area (Å²) in [4.78, 5) is 0. The second-order valence-corrected chi connectivity index (χ2v) is 0. The molecule has 24 valence electrons. The molecule has 0 aromatic heterocycles. The standard InChI is InChI=1S/2C2H.Nd/c2*1-2;/h2*1H;/q2*-1;. The van der Waals surface area contributed by atoms with Crippen LogP contribution in [0.2, 0.25) is 0 Å². The SMILES string of the molecule is [C-]#C.[C-]#C.[Nd]. The molecule has 0 radical (unpaired) electrons. The molecule has 0 aromatic carbocycles. The average Bonchev–Trinajstić information content (AvgIpc) is 1.50. The van der Waals surface area contributed by atoms with Crippen LogP contribution < -0.4 is 0 Å². The first-order valence-electron chi connectivity index (χ1n) is 0.577. The van der Waals surface area contributed by atoms with Gasteiger partial charge in [-0.05, 0) is 0 Å². The molecule has 0 fully saturated rings. The molecular weight excluding hydrogens is 192 g/mol. The van der Waals surface area contributed by atoms with Crippen molar-refractivity contribution in [1.82, 2.24) is 0 Å². The maximum absolute atomic E-state index is 5.25. The van der Waals surface area contributed by atoms with Crippen molar-refractivity contribution in [3.8, 4) is 12.8 Å². The van der Waals surface area contributed by atoms with Gasteiger partial charge in [-0.1, -0.05) is 0 Å². The molecule has 0 unspecified atom stereocenters. The van der Waals surface area contributed by atoms with Crippen LogP contribution in [0.25, 0.3) is 0 Å². The zero-order chi connectivity index (χ0) is 4.00. The van der Waals surface area contributed by atoms with Gasteiger partial charge in [0, 0.05) is 40.8 Å². The van der Waals surface area contributed by atoms with Gasteiger partial charge in [-0.2, -0.15) is 0 Å². The van der Waals surface area contributed by atoms with E-state index in [0.29, 0.717) is 0 Å². The van der Waals surface area contributed by atoms with Gasteiger partial charge in [0.2, 0.25) is 0 Å². The summed E-state index contributed by atoms with van der Waals surface area (Å²) >= 11 is 0. The molecule has 0 nitrogen and oxygen atoms in total. The predicted octanol–water partition coefficient (Wildman–Crippen LogP) is 0.412. The molecule has 0 aliphatic rings. The molecule has 0 N–H and O–H groups in total. The van der Waals surface area contributed by atoms with Crippen LogP contribution in [0.1, 0.15) is 0 Å². The average molecular weight is 194 g/mol. The van der Waals surface area contributed by atoms with E-state index in [0.717, 1.165) is 0 Å². The molecule has 0 saturated heterocycles. The molecule has 0 aliphatic heterocycles. The molecule has 0 amide bonds. The van der Waals surface area contributed by atoms with E-state index in [1.807, 2.05) is 0 Å². The van der Waals surface area contributed by atoms with Crippen molar-refractivity contribution < 1.29 is 40.8 Å². The van der Waals surface area contributed by atoms with E-state index in [9.17, 15) is 0 Å². The smallest absolute Gasteiger partial charge is 0 e. The van der Waals surface area contributed by atoms with Gasteiger partial charge in [0.1, 0.15) is 0 Å². The van der Waals surface area contributed by atoms with Crippen molar-refractivity contribution in [1.29, 1.82) is 0 Å². The summed E-state index contributed by atoms with van der Waals surface area (Å²) in [6.45, 7) is 0. The van der Waals surface area contributed by atoms with Crippen molar-refractivity contribution in [2.45, 2.75) is 0 Å². The van der Waals surface area contributed by atoms with Crippen LogP contribution >= 0.6 is 0 Å². The number of hydrogen-bond donors (Lipinski definition) is 0. The van der Waals surface area contributed by atoms with Gasteiger partial charge in [-0.25, -0.2) is 0 Å². The second-order valence-electron chi connectivity index (χ2n) is 0. The first kappa shape index (κ1) is 17.9. The number of rotatable bonds is 0. The normalized spacial score (nSPS) is 0.800. The van der Waals surface area contributed by atoms with Crippen molar-refractivity contribution >= 4 is 0 Å². The van der Waals surface area contributed by atoms with Crippen LogP contribution in [0.4, 0.5) is 0 Å². The van der Waals surface area contributed by atoms with Gasteiger partial charge < -0.3 is 25.7 Å². The Bertz CT molecular complexity index is 19.1. The number of terminal acetylenes is 2. The van der Waals surface area contributed by atoms with E-state index in [1.165, 1.54) is 0 Å². The van der Waals surface area contributed by atoms with E-state index >= 15 is 0 Å². The molecule has 0 saturated carbocycles. The molecule has 0 heterocycles. The Balaban J connectivity index is -0.0000000133. The van der Waals surface area contributed by atoms with Crippen molar-refractivity contribution in [3.63, 3.8) is 0 Å². The minimum Gasteiger partial charge on any atom is -0.697 e. The molecule has 5 heavy (non-hydrogen) atoms. The van der Waals surface area contributed by atoms with E-state index in [-0.39, 0.29) is 40.8 Å². The molecule has 0 aromatic rings. The largest absolute Gasteiger partial charge is 0.697 e. The van der Waals surface area contributed by atoms with Crippen LogP contribution in [0.5, 0.6) is 0 Å². The fraction of sp³-hybridized carbons (Fsp3) is 0. The Morgan fingerprint density at radius 3 is 0.800 bits per heavy atom. The fourth-order valence-corrected chi connectivity index (χ4v) is 0. The van der Waals surface area contributed by atoms with E-state index in [2.05, 4.69) is 12.8 Å². The van der Waals surface area contributed by atoms with Crippen LogP contribution in [0, 0.1) is 66.5 Å². The molecule has 0 atom stereocenters. The summed E-state index contributed by atoms with van der Waals surface area (Å²) in [5.41, 5.74) is 0. The molecule has 0 rings (SSSR count).